The number of halogens is 1. The van der Waals surface area contributed by atoms with Crippen molar-refractivity contribution in [1.82, 2.24) is 0 Å². The second-order valence-corrected chi connectivity index (χ2v) is 14.5. The highest BCUT2D eigenvalue weighted by atomic mass is 32.1. The minimum absolute atomic E-state index is 0.158. The van der Waals surface area contributed by atoms with Gasteiger partial charge < -0.3 is 24.1 Å². The van der Waals surface area contributed by atoms with Gasteiger partial charge in [-0.2, -0.15) is 0 Å². The Morgan fingerprint density at radius 3 is 2.00 bits per heavy atom. The summed E-state index contributed by atoms with van der Waals surface area (Å²) >= 11 is 1.68. The molecule has 52 heavy (non-hydrogen) atoms. The molecule has 0 spiro atoms. The Morgan fingerprint density at radius 2 is 1.35 bits per heavy atom. The zero-order chi connectivity index (χ0) is 35.7. The van der Waals surface area contributed by atoms with Crippen LogP contribution in [0.3, 0.4) is 0 Å². The predicted octanol–water partition coefficient (Wildman–Crippen LogP) is 10.4. The molecule has 1 aliphatic heterocycles. The van der Waals surface area contributed by atoms with E-state index in [0.29, 0.717) is 44.8 Å². The Bertz CT molecular complexity index is 2000. The van der Waals surface area contributed by atoms with E-state index in [4.69, 9.17) is 18.9 Å². The first-order valence-corrected chi connectivity index (χ1v) is 18.6. The smallest absolute Gasteiger partial charge is 0.123 e. The lowest BCUT2D eigenvalue weighted by atomic mass is 9.89. The number of phenols is 1. The van der Waals surface area contributed by atoms with Gasteiger partial charge in [-0.1, -0.05) is 103 Å². The number of thiophene rings is 1. The lowest BCUT2D eigenvalue weighted by molar-refractivity contribution is -0.219. The minimum atomic E-state index is -0.624. The Morgan fingerprint density at radius 1 is 0.731 bits per heavy atom. The maximum absolute atomic E-state index is 13.6. The van der Waals surface area contributed by atoms with Gasteiger partial charge in [-0.15, -0.1) is 11.3 Å². The number of hydrogen-bond acceptors (Lipinski definition) is 6. The zero-order valence-corrected chi connectivity index (χ0v) is 30.0. The summed E-state index contributed by atoms with van der Waals surface area (Å²) in [5.41, 5.74) is 6.91. The van der Waals surface area contributed by atoms with E-state index < -0.39 is 12.2 Å². The highest BCUT2D eigenvalue weighted by Gasteiger charge is 2.42. The molecule has 0 bridgehead atoms. The van der Waals surface area contributed by atoms with Gasteiger partial charge in [0.05, 0.1) is 38.6 Å². The van der Waals surface area contributed by atoms with E-state index in [9.17, 15) is 9.50 Å². The number of aryl methyl sites for hydroxylation is 1. The molecule has 4 atom stereocenters. The lowest BCUT2D eigenvalue weighted by Crippen LogP contribution is -2.47. The first kappa shape index (κ1) is 35.8. The van der Waals surface area contributed by atoms with Gasteiger partial charge in [-0.05, 0) is 76.7 Å². The molecule has 7 rings (SSSR count). The Kier molecular flexibility index (Phi) is 11.9. The number of benzene rings is 5. The van der Waals surface area contributed by atoms with Crippen molar-refractivity contribution < 1.29 is 28.4 Å². The summed E-state index contributed by atoms with van der Waals surface area (Å²) in [6.07, 6.45) is -0.537. The highest BCUT2D eigenvalue weighted by molar-refractivity contribution is 7.15. The van der Waals surface area contributed by atoms with E-state index in [-0.39, 0.29) is 23.8 Å². The Balaban J connectivity index is 1.18. The van der Waals surface area contributed by atoms with Crippen LogP contribution in [0.1, 0.15) is 50.8 Å². The highest BCUT2D eigenvalue weighted by Crippen LogP contribution is 2.41. The van der Waals surface area contributed by atoms with E-state index in [1.165, 1.54) is 12.1 Å². The third-order valence-corrected chi connectivity index (χ3v) is 10.6. The van der Waals surface area contributed by atoms with E-state index in [1.807, 2.05) is 91.9 Å². The second-order valence-electron chi connectivity index (χ2n) is 13.3. The monoisotopic (exact) mass is 714 g/mol. The number of ether oxygens (including phenoxy) is 4. The van der Waals surface area contributed by atoms with Gasteiger partial charge in [0.25, 0.3) is 0 Å². The van der Waals surface area contributed by atoms with Gasteiger partial charge in [0.2, 0.25) is 0 Å². The minimum Gasteiger partial charge on any atom is -0.508 e. The van der Waals surface area contributed by atoms with Crippen molar-refractivity contribution in [3.05, 3.63) is 184 Å². The van der Waals surface area contributed by atoms with Gasteiger partial charge in [-0.25, -0.2) is 4.39 Å². The quantitative estimate of drug-likeness (QED) is 0.122. The van der Waals surface area contributed by atoms with Crippen LogP contribution in [-0.2, 0) is 45.2 Å². The van der Waals surface area contributed by atoms with Crippen LogP contribution in [0, 0.1) is 12.7 Å². The molecule has 0 aliphatic carbocycles. The second kappa shape index (κ2) is 17.3. The van der Waals surface area contributed by atoms with E-state index in [2.05, 4.69) is 30.3 Å². The van der Waals surface area contributed by atoms with Gasteiger partial charge >= 0.3 is 0 Å². The summed E-state index contributed by atoms with van der Waals surface area (Å²) < 4.78 is 40.1. The summed E-state index contributed by atoms with van der Waals surface area (Å²) in [5.74, 6) is -0.0909. The average Bonchev–Trinajstić information content (AvgIpc) is 3.64. The SMILES string of the molecule is Cc1cc(O)c([C@@H]2O[C@H](COCc3ccccc3)C[C@H](OCc3ccccc3)[C@H]2OCc2ccccc2)cc1Cc1ccc(-c2ccc(F)cc2)s1. The first-order chi connectivity index (χ1) is 25.5. The molecule has 1 aromatic heterocycles. The molecule has 6 aromatic rings. The summed E-state index contributed by atoms with van der Waals surface area (Å²) in [5, 5.41) is 11.6. The van der Waals surface area contributed by atoms with Crippen molar-refractivity contribution >= 4 is 11.3 Å². The zero-order valence-electron chi connectivity index (χ0n) is 29.2. The molecule has 0 amide bonds. The molecule has 266 valence electrons. The standard InChI is InChI=1S/C45H43FO5S/c1-31-23-41(47)40(25-36(31)24-39-21-22-43(52-39)35-17-19-37(46)20-18-35)44-45(50-29-34-15-9-4-10-16-34)42(49-28-33-13-7-3-8-14-33)26-38(51-44)30-48-27-32-11-5-2-6-12-32/h2-23,25,38,42,44-45,47H,24,26-30H2,1H3/t38-,42-,44-,45+/m0/s1. The van der Waals surface area contributed by atoms with Crippen molar-refractivity contribution in [1.29, 1.82) is 0 Å². The molecule has 2 heterocycles. The number of phenolic OH excluding ortho intramolecular Hbond substituents is 1. The summed E-state index contributed by atoms with van der Waals surface area (Å²) in [4.78, 5) is 2.24. The van der Waals surface area contributed by atoms with E-state index >= 15 is 0 Å². The molecule has 0 saturated carbocycles. The van der Waals surface area contributed by atoms with Crippen LogP contribution in [0.5, 0.6) is 5.75 Å². The van der Waals surface area contributed by atoms with Crippen molar-refractivity contribution in [2.45, 2.75) is 64.0 Å². The normalized spacial score (nSPS) is 18.7. The van der Waals surface area contributed by atoms with E-state index in [1.54, 1.807) is 23.5 Å². The third-order valence-electron chi connectivity index (χ3n) is 9.45. The molecular weight excluding hydrogens is 672 g/mol. The maximum Gasteiger partial charge on any atom is 0.123 e. The number of rotatable bonds is 14. The molecule has 0 unspecified atom stereocenters. The number of hydrogen-bond donors (Lipinski definition) is 1. The van der Waals surface area contributed by atoms with Gasteiger partial charge in [0, 0.05) is 28.2 Å². The summed E-state index contributed by atoms with van der Waals surface area (Å²) in [7, 11) is 0. The van der Waals surface area contributed by atoms with Crippen LogP contribution in [0.25, 0.3) is 10.4 Å². The third kappa shape index (κ3) is 9.23. The lowest BCUT2D eigenvalue weighted by Gasteiger charge is -2.42. The summed E-state index contributed by atoms with van der Waals surface area (Å²) in [6, 6.07) is 45.0. The fourth-order valence-corrected chi connectivity index (χ4v) is 7.71. The largest absolute Gasteiger partial charge is 0.508 e. The van der Waals surface area contributed by atoms with Crippen LogP contribution in [-0.4, -0.2) is 30.0 Å². The topological polar surface area (TPSA) is 57.2 Å². The molecule has 1 aliphatic rings. The Labute approximate surface area is 309 Å². The van der Waals surface area contributed by atoms with Crippen molar-refractivity contribution in [2.75, 3.05) is 6.61 Å². The molecule has 1 N–H and O–H groups in total. The molecule has 7 heteroatoms. The van der Waals surface area contributed by atoms with Crippen LogP contribution in [0.15, 0.2) is 140 Å². The number of aromatic hydroxyl groups is 1. The fourth-order valence-electron chi connectivity index (χ4n) is 6.68. The summed E-state index contributed by atoms with van der Waals surface area (Å²) in [6.45, 7) is 3.64. The van der Waals surface area contributed by atoms with Gasteiger partial charge in [0.1, 0.15) is 23.8 Å². The molecule has 1 fully saturated rings. The van der Waals surface area contributed by atoms with Crippen LogP contribution < -0.4 is 0 Å². The van der Waals surface area contributed by atoms with Crippen molar-refractivity contribution in [3.8, 4) is 16.2 Å². The first-order valence-electron chi connectivity index (χ1n) is 17.7. The van der Waals surface area contributed by atoms with Crippen molar-refractivity contribution in [3.63, 3.8) is 0 Å². The Hall–Kier alpha value is -4.63. The fraction of sp³-hybridized carbons (Fsp3) is 0.244. The molecule has 0 radical (unpaired) electrons. The molecule has 5 nitrogen and oxygen atoms in total. The predicted molar refractivity (Wildman–Crippen MR) is 204 cm³/mol. The molecule has 5 aromatic carbocycles. The van der Waals surface area contributed by atoms with Gasteiger partial charge in [0.15, 0.2) is 0 Å². The van der Waals surface area contributed by atoms with Crippen LogP contribution in [0.2, 0.25) is 0 Å². The van der Waals surface area contributed by atoms with E-state index in [0.717, 1.165) is 43.1 Å². The van der Waals surface area contributed by atoms with Gasteiger partial charge in [-0.3, -0.25) is 0 Å². The van der Waals surface area contributed by atoms with Crippen LogP contribution in [0.4, 0.5) is 4.39 Å². The maximum atomic E-state index is 13.6. The molecule has 1 saturated heterocycles. The van der Waals surface area contributed by atoms with Crippen LogP contribution >= 0.6 is 11.3 Å². The average molecular weight is 715 g/mol. The molecular formula is C45H43FO5S. The van der Waals surface area contributed by atoms with Crippen molar-refractivity contribution in [2.24, 2.45) is 0 Å².